The molecule has 2 aromatic carbocycles. The number of methoxy groups -OCH3 is 1. The van der Waals surface area contributed by atoms with E-state index >= 15 is 0 Å². The van der Waals surface area contributed by atoms with Crippen LogP contribution in [0.5, 0.6) is 11.5 Å². The molecule has 0 heterocycles. The first-order chi connectivity index (χ1) is 12.1. The maximum atomic E-state index is 12.1. The molecule has 0 saturated heterocycles. The lowest BCUT2D eigenvalue weighted by Gasteiger charge is -2.15. The number of hydrogen-bond acceptors (Lipinski definition) is 4. The topological polar surface area (TPSA) is 47.6 Å². The number of nitrogens with one attached hydrogen (secondary N) is 1. The zero-order valence-corrected chi connectivity index (χ0v) is 15.8. The van der Waals surface area contributed by atoms with Gasteiger partial charge >= 0.3 is 0 Å². The molecule has 1 N–H and O–H groups in total. The molecule has 0 fully saturated rings. The number of hydrogen-bond donors (Lipinski definition) is 1. The fourth-order valence-electron chi connectivity index (χ4n) is 2.28. The Labute approximate surface area is 153 Å². The van der Waals surface area contributed by atoms with Crippen molar-refractivity contribution in [3.63, 3.8) is 0 Å². The number of carbonyl (C=O) groups excluding carboxylic acids is 1. The number of ether oxygens (including phenoxy) is 2. The largest absolute Gasteiger partial charge is 0.497 e. The van der Waals surface area contributed by atoms with Crippen molar-refractivity contribution in [1.82, 2.24) is 5.32 Å². The second kappa shape index (κ2) is 9.99. The Balaban J connectivity index is 1.68. The van der Waals surface area contributed by atoms with Crippen molar-refractivity contribution in [3.8, 4) is 11.5 Å². The molecule has 0 aromatic heterocycles. The van der Waals surface area contributed by atoms with Gasteiger partial charge in [-0.3, -0.25) is 4.79 Å². The first kappa shape index (κ1) is 19.2. The van der Waals surface area contributed by atoms with Gasteiger partial charge in [-0.15, -0.1) is 0 Å². The van der Waals surface area contributed by atoms with Gasteiger partial charge < -0.3 is 14.8 Å². The highest BCUT2D eigenvalue weighted by Crippen LogP contribution is 2.20. The van der Waals surface area contributed by atoms with Crippen LogP contribution in [0.2, 0.25) is 0 Å². The van der Waals surface area contributed by atoms with Crippen molar-refractivity contribution in [2.75, 3.05) is 19.4 Å². The molecule has 0 bridgehead atoms. The first-order valence-electron chi connectivity index (χ1n) is 8.31. The zero-order chi connectivity index (χ0) is 18.1. The van der Waals surface area contributed by atoms with Crippen LogP contribution in [-0.4, -0.2) is 31.4 Å². The minimum Gasteiger partial charge on any atom is -0.497 e. The third kappa shape index (κ3) is 6.35. The lowest BCUT2D eigenvalue weighted by Crippen LogP contribution is -2.37. The normalized spacial score (nSPS) is 11.6. The van der Waals surface area contributed by atoms with Crippen LogP contribution in [0.15, 0.2) is 48.5 Å². The van der Waals surface area contributed by atoms with Gasteiger partial charge in [-0.05, 0) is 37.1 Å². The number of benzene rings is 2. The summed E-state index contributed by atoms with van der Waals surface area (Å²) in [6.45, 7) is 4.49. The molecule has 2 aromatic rings. The summed E-state index contributed by atoms with van der Waals surface area (Å²) in [6, 6.07) is 15.6. The second-order valence-electron chi connectivity index (χ2n) is 5.71. The third-order valence-electron chi connectivity index (χ3n) is 3.79. The van der Waals surface area contributed by atoms with Gasteiger partial charge in [0.25, 0.3) is 5.91 Å². The van der Waals surface area contributed by atoms with Crippen LogP contribution in [0.4, 0.5) is 0 Å². The minimum absolute atomic E-state index is 0.112. The molecule has 0 spiro atoms. The number of aryl methyl sites for hydroxylation is 1. The highest BCUT2D eigenvalue weighted by molar-refractivity contribution is 7.98. The molecule has 1 atom stereocenters. The van der Waals surface area contributed by atoms with Crippen molar-refractivity contribution in [3.05, 3.63) is 59.7 Å². The van der Waals surface area contributed by atoms with E-state index in [-0.39, 0.29) is 5.91 Å². The van der Waals surface area contributed by atoms with E-state index < -0.39 is 6.10 Å². The predicted octanol–water partition coefficient (Wildman–Crippen LogP) is 3.82. The third-order valence-corrected chi connectivity index (χ3v) is 4.80. The van der Waals surface area contributed by atoms with E-state index in [1.165, 1.54) is 11.1 Å². The van der Waals surface area contributed by atoms with E-state index in [9.17, 15) is 4.79 Å². The molecule has 134 valence electrons. The summed E-state index contributed by atoms with van der Waals surface area (Å²) in [5.41, 5.74) is 2.65. The van der Waals surface area contributed by atoms with Crippen LogP contribution in [-0.2, 0) is 10.5 Å². The van der Waals surface area contributed by atoms with E-state index in [1.807, 2.05) is 36.0 Å². The number of thioether (sulfide) groups is 1. The van der Waals surface area contributed by atoms with E-state index in [0.717, 1.165) is 11.5 Å². The van der Waals surface area contributed by atoms with E-state index in [1.54, 1.807) is 20.1 Å². The lowest BCUT2D eigenvalue weighted by atomic mass is 10.1. The summed E-state index contributed by atoms with van der Waals surface area (Å²) in [7, 11) is 1.60. The smallest absolute Gasteiger partial charge is 0.260 e. The maximum absolute atomic E-state index is 12.1. The Hall–Kier alpha value is -2.14. The van der Waals surface area contributed by atoms with Crippen LogP contribution in [0.1, 0.15) is 18.1 Å². The predicted molar refractivity (Wildman–Crippen MR) is 103 cm³/mol. The zero-order valence-electron chi connectivity index (χ0n) is 15.0. The van der Waals surface area contributed by atoms with Gasteiger partial charge in [-0.25, -0.2) is 0 Å². The quantitative estimate of drug-likeness (QED) is 0.692. The Bertz CT molecular complexity index is 690. The SMILES string of the molecule is COc1cccc(O[C@@H](C)C(=O)NCCSCc2ccccc2C)c1. The molecular weight excluding hydrogens is 334 g/mol. The van der Waals surface area contributed by atoms with Gasteiger partial charge in [0.05, 0.1) is 7.11 Å². The summed E-state index contributed by atoms with van der Waals surface area (Å²) in [5.74, 6) is 3.04. The summed E-state index contributed by atoms with van der Waals surface area (Å²) < 4.78 is 10.8. The summed E-state index contributed by atoms with van der Waals surface area (Å²) in [6.07, 6.45) is -0.548. The molecule has 0 saturated carbocycles. The van der Waals surface area contributed by atoms with Gasteiger partial charge in [0.2, 0.25) is 0 Å². The van der Waals surface area contributed by atoms with Gasteiger partial charge in [-0.2, -0.15) is 11.8 Å². The summed E-state index contributed by atoms with van der Waals surface area (Å²) in [5, 5.41) is 2.92. The highest BCUT2D eigenvalue weighted by Gasteiger charge is 2.14. The molecule has 5 heteroatoms. The van der Waals surface area contributed by atoms with E-state index in [0.29, 0.717) is 18.0 Å². The molecule has 1 amide bonds. The molecule has 0 aliphatic rings. The average molecular weight is 359 g/mol. The fraction of sp³-hybridized carbons (Fsp3) is 0.350. The number of rotatable bonds is 9. The summed E-state index contributed by atoms with van der Waals surface area (Å²) >= 11 is 1.81. The van der Waals surface area contributed by atoms with Crippen LogP contribution in [0, 0.1) is 6.92 Å². The van der Waals surface area contributed by atoms with Crippen LogP contribution < -0.4 is 14.8 Å². The first-order valence-corrected chi connectivity index (χ1v) is 9.46. The molecule has 0 unspecified atom stereocenters. The Morgan fingerprint density at radius 3 is 2.68 bits per heavy atom. The number of carbonyl (C=O) groups is 1. The summed E-state index contributed by atoms with van der Waals surface area (Å²) in [4.78, 5) is 12.1. The van der Waals surface area contributed by atoms with Crippen LogP contribution >= 0.6 is 11.8 Å². The van der Waals surface area contributed by atoms with Gasteiger partial charge in [0.15, 0.2) is 6.10 Å². The molecule has 0 radical (unpaired) electrons. The van der Waals surface area contributed by atoms with Gasteiger partial charge in [-0.1, -0.05) is 30.3 Å². The Kier molecular flexibility index (Phi) is 7.67. The molecule has 0 aliphatic carbocycles. The van der Waals surface area contributed by atoms with Gasteiger partial charge in [0, 0.05) is 24.1 Å². The maximum Gasteiger partial charge on any atom is 0.260 e. The highest BCUT2D eigenvalue weighted by atomic mass is 32.2. The van der Waals surface area contributed by atoms with Crippen LogP contribution in [0.25, 0.3) is 0 Å². The monoisotopic (exact) mass is 359 g/mol. The lowest BCUT2D eigenvalue weighted by molar-refractivity contribution is -0.127. The fourth-order valence-corrected chi connectivity index (χ4v) is 3.21. The minimum atomic E-state index is -0.548. The van der Waals surface area contributed by atoms with Crippen molar-refractivity contribution in [2.45, 2.75) is 25.7 Å². The second-order valence-corrected chi connectivity index (χ2v) is 6.81. The van der Waals surface area contributed by atoms with Gasteiger partial charge in [0.1, 0.15) is 11.5 Å². The van der Waals surface area contributed by atoms with Crippen molar-refractivity contribution in [2.24, 2.45) is 0 Å². The van der Waals surface area contributed by atoms with Crippen molar-refractivity contribution >= 4 is 17.7 Å². The molecule has 0 aliphatic heterocycles. The molecule has 2 rings (SSSR count). The van der Waals surface area contributed by atoms with Crippen molar-refractivity contribution < 1.29 is 14.3 Å². The average Bonchev–Trinajstić information content (AvgIpc) is 2.62. The molecule has 4 nitrogen and oxygen atoms in total. The van der Waals surface area contributed by atoms with E-state index in [2.05, 4.69) is 30.4 Å². The molecule has 25 heavy (non-hydrogen) atoms. The van der Waals surface area contributed by atoms with E-state index in [4.69, 9.17) is 9.47 Å². The van der Waals surface area contributed by atoms with Crippen LogP contribution in [0.3, 0.4) is 0 Å². The van der Waals surface area contributed by atoms with Crippen molar-refractivity contribution in [1.29, 1.82) is 0 Å². The molecular formula is C20H25NO3S. The number of amides is 1. The Morgan fingerprint density at radius 2 is 1.92 bits per heavy atom. The standard InChI is InChI=1S/C20H25NO3S/c1-15-7-4-5-8-17(15)14-25-12-11-21-20(22)16(2)24-19-10-6-9-18(13-19)23-3/h4-10,13,16H,11-12,14H2,1-3H3,(H,21,22)/t16-/m0/s1. The Morgan fingerprint density at radius 1 is 1.16 bits per heavy atom.